The summed E-state index contributed by atoms with van der Waals surface area (Å²) in [4.78, 5) is 2.03. The molecule has 0 bridgehead atoms. The van der Waals surface area contributed by atoms with Gasteiger partial charge in [0.2, 0.25) is 0 Å². The molecule has 1 rings (SSSR count). The van der Waals surface area contributed by atoms with Gasteiger partial charge in [-0.1, -0.05) is 17.7 Å². The van der Waals surface area contributed by atoms with E-state index < -0.39 is 0 Å². The van der Waals surface area contributed by atoms with Crippen LogP contribution in [0.5, 0.6) is 0 Å². The summed E-state index contributed by atoms with van der Waals surface area (Å²) in [6, 6.07) is 5.64. The van der Waals surface area contributed by atoms with Gasteiger partial charge in [-0.25, -0.2) is 0 Å². The molecular formula is C12H18ClNO2. The van der Waals surface area contributed by atoms with Crippen molar-refractivity contribution < 1.29 is 10.2 Å². The fourth-order valence-electron chi connectivity index (χ4n) is 1.70. The molecule has 0 radical (unpaired) electrons. The Bertz CT molecular complexity index is 342. The zero-order valence-electron chi connectivity index (χ0n) is 9.65. The molecule has 1 aromatic carbocycles. The topological polar surface area (TPSA) is 43.7 Å². The van der Waals surface area contributed by atoms with Crippen LogP contribution in [0.3, 0.4) is 0 Å². The van der Waals surface area contributed by atoms with Crippen molar-refractivity contribution >= 4 is 17.3 Å². The van der Waals surface area contributed by atoms with Gasteiger partial charge in [-0.05, 0) is 26.0 Å². The highest BCUT2D eigenvalue weighted by Crippen LogP contribution is 2.26. The maximum absolute atomic E-state index is 9.28. The van der Waals surface area contributed by atoms with E-state index in [1.165, 1.54) is 0 Å². The molecule has 2 N–H and O–H groups in total. The summed E-state index contributed by atoms with van der Waals surface area (Å²) < 4.78 is 0. The number of benzene rings is 1. The van der Waals surface area contributed by atoms with Crippen molar-refractivity contribution in [3.05, 3.63) is 28.8 Å². The van der Waals surface area contributed by atoms with Crippen LogP contribution in [0, 0.1) is 0 Å². The second-order valence-electron chi connectivity index (χ2n) is 3.94. The van der Waals surface area contributed by atoms with Gasteiger partial charge in [0.25, 0.3) is 0 Å². The Hall–Kier alpha value is -0.770. The number of aliphatic hydroxyl groups is 2. The van der Waals surface area contributed by atoms with Gasteiger partial charge in [0.05, 0.1) is 13.2 Å². The third-order valence-corrected chi connectivity index (χ3v) is 2.73. The van der Waals surface area contributed by atoms with Crippen LogP contribution in [-0.2, 0) is 6.61 Å². The number of hydrogen-bond donors (Lipinski definition) is 2. The van der Waals surface area contributed by atoms with E-state index in [0.717, 1.165) is 11.3 Å². The Labute approximate surface area is 101 Å². The van der Waals surface area contributed by atoms with E-state index in [9.17, 15) is 5.11 Å². The van der Waals surface area contributed by atoms with Gasteiger partial charge in [-0.15, -0.1) is 0 Å². The van der Waals surface area contributed by atoms with E-state index in [1.807, 2.05) is 30.9 Å². The zero-order chi connectivity index (χ0) is 12.1. The van der Waals surface area contributed by atoms with Crippen LogP contribution >= 0.6 is 11.6 Å². The summed E-state index contributed by atoms with van der Waals surface area (Å²) in [7, 11) is 0. The van der Waals surface area contributed by atoms with E-state index in [-0.39, 0.29) is 19.3 Å². The Kier molecular flexibility index (Phi) is 5.06. The first kappa shape index (κ1) is 13.3. The maximum atomic E-state index is 9.28. The first-order valence-corrected chi connectivity index (χ1v) is 5.74. The van der Waals surface area contributed by atoms with Crippen molar-refractivity contribution in [2.24, 2.45) is 0 Å². The molecule has 16 heavy (non-hydrogen) atoms. The molecule has 0 heterocycles. The van der Waals surface area contributed by atoms with E-state index in [0.29, 0.717) is 11.6 Å². The molecule has 3 nitrogen and oxygen atoms in total. The summed E-state index contributed by atoms with van der Waals surface area (Å²) >= 11 is 5.95. The highest BCUT2D eigenvalue weighted by atomic mass is 35.5. The molecule has 0 fully saturated rings. The van der Waals surface area contributed by atoms with Gasteiger partial charge in [0.1, 0.15) is 0 Å². The standard InChI is InChI=1S/C12H18ClNO2/c1-9(2)14(5-6-15)12-7-11(13)4-3-10(12)8-16/h3-4,7,9,15-16H,5-6,8H2,1-2H3. The first-order valence-electron chi connectivity index (χ1n) is 5.37. The van der Waals surface area contributed by atoms with E-state index in [1.54, 1.807) is 6.07 Å². The molecule has 0 saturated heterocycles. The van der Waals surface area contributed by atoms with Crippen molar-refractivity contribution in [3.63, 3.8) is 0 Å². The predicted molar refractivity (Wildman–Crippen MR) is 66.9 cm³/mol. The van der Waals surface area contributed by atoms with Crippen molar-refractivity contribution in [2.45, 2.75) is 26.5 Å². The van der Waals surface area contributed by atoms with Gasteiger partial charge in [-0.2, -0.15) is 0 Å². The summed E-state index contributed by atoms with van der Waals surface area (Å²) in [6.45, 7) is 4.66. The Morgan fingerprint density at radius 2 is 2.00 bits per heavy atom. The van der Waals surface area contributed by atoms with E-state index >= 15 is 0 Å². The summed E-state index contributed by atoms with van der Waals surface area (Å²) in [5.74, 6) is 0. The van der Waals surface area contributed by atoms with Gasteiger partial charge in [0.15, 0.2) is 0 Å². The Morgan fingerprint density at radius 3 is 2.50 bits per heavy atom. The Balaban J connectivity index is 3.10. The van der Waals surface area contributed by atoms with Crippen LogP contribution in [-0.4, -0.2) is 29.4 Å². The van der Waals surface area contributed by atoms with E-state index in [2.05, 4.69) is 0 Å². The molecule has 0 unspecified atom stereocenters. The lowest BCUT2D eigenvalue weighted by atomic mass is 10.1. The summed E-state index contributed by atoms with van der Waals surface area (Å²) in [5, 5.41) is 19.0. The van der Waals surface area contributed by atoms with Crippen LogP contribution in [0.2, 0.25) is 5.02 Å². The first-order chi connectivity index (χ1) is 7.60. The third kappa shape index (κ3) is 3.11. The summed E-state index contributed by atoms with van der Waals surface area (Å²) in [6.07, 6.45) is 0. The average molecular weight is 244 g/mol. The molecule has 1 aromatic rings. The van der Waals surface area contributed by atoms with Crippen LogP contribution in [0.4, 0.5) is 5.69 Å². The van der Waals surface area contributed by atoms with Crippen molar-refractivity contribution in [3.8, 4) is 0 Å². The zero-order valence-corrected chi connectivity index (χ0v) is 10.4. The number of rotatable bonds is 5. The average Bonchev–Trinajstić information content (AvgIpc) is 2.25. The van der Waals surface area contributed by atoms with Crippen molar-refractivity contribution in [1.82, 2.24) is 0 Å². The summed E-state index contributed by atoms with van der Waals surface area (Å²) in [5.41, 5.74) is 1.71. The Morgan fingerprint density at radius 1 is 1.31 bits per heavy atom. The predicted octanol–water partition coefficient (Wildman–Crippen LogP) is 2.04. The number of anilines is 1. The number of aliphatic hydroxyl groups excluding tert-OH is 2. The van der Waals surface area contributed by atoms with Crippen LogP contribution in [0.25, 0.3) is 0 Å². The molecule has 0 aliphatic carbocycles. The van der Waals surface area contributed by atoms with Gasteiger partial charge in [-0.3, -0.25) is 0 Å². The largest absolute Gasteiger partial charge is 0.395 e. The second-order valence-corrected chi connectivity index (χ2v) is 4.38. The minimum Gasteiger partial charge on any atom is -0.395 e. The second kappa shape index (κ2) is 6.09. The molecule has 0 atom stereocenters. The highest BCUT2D eigenvalue weighted by molar-refractivity contribution is 6.30. The van der Waals surface area contributed by atoms with Gasteiger partial charge < -0.3 is 15.1 Å². The molecular weight excluding hydrogens is 226 g/mol. The molecule has 0 aliphatic rings. The van der Waals surface area contributed by atoms with Gasteiger partial charge >= 0.3 is 0 Å². The van der Waals surface area contributed by atoms with Crippen LogP contribution < -0.4 is 4.90 Å². The molecule has 0 spiro atoms. The van der Waals surface area contributed by atoms with Crippen molar-refractivity contribution in [2.75, 3.05) is 18.1 Å². The minimum absolute atomic E-state index is 0.0266. The fourth-order valence-corrected chi connectivity index (χ4v) is 1.87. The monoisotopic (exact) mass is 243 g/mol. The number of nitrogens with zero attached hydrogens (tertiary/aromatic N) is 1. The lowest BCUT2D eigenvalue weighted by Crippen LogP contribution is -2.34. The maximum Gasteiger partial charge on any atom is 0.0702 e. The van der Waals surface area contributed by atoms with E-state index in [4.69, 9.17) is 16.7 Å². The lowest BCUT2D eigenvalue weighted by molar-refractivity contribution is 0.280. The fraction of sp³-hybridized carbons (Fsp3) is 0.500. The van der Waals surface area contributed by atoms with Crippen LogP contribution in [0.15, 0.2) is 18.2 Å². The quantitative estimate of drug-likeness (QED) is 0.832. The van der Waals surface area contributed by atoms with Crippen molar-refractivity contribution in [1.29, 1.82) is 0 Å². The number of halogens is 1. The highest BCUT2D eigenvalue weighted by Gasteiger charge is 2.14. The number of hydrogen-bond acceptors (Lipinski definition) is 3. The normalized spacial score (nSPS) is 10.9. The molecule has 0 aromatic heterocycles. The van der Waals surface area contributed by atoms with Gasteiger partial charge in [0, 0.05) is 28.9 Å². The molecule has 90 valence electrons. The smallest absolute Gasteiger partial charge is 0.0702 e. The minimum atomic E-state index is -0.0266. The lowest BCUT2D eigenvalue weighted by Gasteiger charge is -2.30. The molecule has 0 amide bonds. The molecule has 4 heteroatoms. The SMILES string of the molecule is CC(C)N(CCO)c1cc(Cl)ccc1CO. The van der Waals surface area contributed by atoms with Crippen LogP contribution in [0.1, 0.15) is 19.4 Å². The molecule has 0 saturated carbocycles. The third-order valence-electron chi connectivity index (χ3n) is 2.49. The molecule has 0 aliphatic heterocycles.